The summed E-state index contributed by atoms with van der Waals surface area (Å²) in [7, 11) is 0. The summed E-state index contributed by atoms with van der Waals surface area (Å²) >= 11 is 0. The SMILES string of the molecule is Cc1cc(CNC(C)C)nc(C2CCCOC2)n1. The molecule has 4 heteroatoms. The maximum absolute atomic E-state index is 5.52. The summed E-state index contributed by atoms with van der Waals surface area (Å²) in [5.41, 5.74) is 2.13. The molecule has 0 radical (unpaired) electrons. The molecular weight excluding hydrogens is 226 g/mol. The second kappa shape index (κ2) is 6.25. The summed E-state index contributed by atoms with van der Waals surface area (Å²) in [6.07, 6.45) is 2.25. The van der Waals surface area contributed by atoms with Crippen LogP contribution in [0.15, 0.2) is 6.07 Å². The van der Waals surface area contributed by atoms with E-state index in [-0.39, 0.29) is 0 Å². The third-order valence-electron chi connectivity index (χ3n) is 3.14. The van der Waals surface area contributed by atoms with E-state index in [9.17, 15) is 0 Å². The highest BCUT2D eigenvalue weighted by Crippen LogP contribution is 2.22. The lowest BCUT2D eigenvalue weighted by Crippen LogP contribution is -2.24. The molecule has 1 aliphatic heterocycles. The Balaban J connectivity index is 2.09. The largest absolute Gasteiger partial charge is 0.381 e. The van der Waals surface area contributed by atoms with Crippen LogP contribution in [0.2, 0.25) is 0 Å². The Bertz CT molecular complexity index is 387. The molecule has 1 aliphatic rings. The minimum atomic E-state index is 0.372. The number of ether oxygens (including phenoxy) is 1. The third kappa shape index (κ3) is 3.75. The lowest BCUT2D eigenvalue weighted by molar-refractivity contribution is 0.0779. The molecule has 4 nitrogen and oxygen atoms in total. The zero-order valence-electron chi connectivity index (χ0n) is 11.6. The number of nitrogens with zero attached hydrogens (tertiary/aromatic N) is 2. The van der Waals surface area contributed by atoms with Gasteiger partial charge in [0.15, 0.2) is 0 Å². The molecule has 1 atom stereocenters. The molecule has 2 heterocycles. The predicted octanol–water partition coefficient (Wildman–Crippen LogP) is 2.18. The molecule has 1 aromatic rings. The minimum Gasteiger partial charge on any atom is -0.381 e. The van der Waals surface area contributed by atoms with Gasteiger partial charge in [-0.05, 0) is 25.8 Å². The number of nitrogens with one attached hydrogen (secondary N) is 1. The first-order chi connectivity index (χ1) is 8.65. The predicted molar refractivity (Wildman–Crippen MR) is 71.5 cm³/mol. The van der Waals surface area contributed by atoms with Gasteiger partial charge in [-0.25, -0.2) is 9.97 Å². The van der Waals surface area contributed by atoms with Crippen molar-refractivity contribution in [3.05, 3.63) is 23.3 Å². The Kier molecular flexibility index (Phi) is 4.66. The van der Waals surface area contributed by atoms with Gasteiger partial charge in [0.05, 0.1) is 12.3 Å². The molecule has 1 saturated heterocycles. The first kappa shape index (κ1) is 13.4. The summed E-state index contributed by atoms with van der Waals surface area (Å²) in [6.45, 7) is 8.77. The molecule has 0 bridgehead atoms. The Morgan fingerprint density at radius 3 is 2.94 bits per heavy atom. The smallest absolute Gasteiger partial charge is 0.134 e. The molecule has 0 spiro atoms. The highest BCUT2D eigenvalue weighted by atomic mass is 16.5. The number of rotatable bonds is 4. The van der Waals surface area contributed by atoms with Crippen LogP contribution in [-0.4, -0.2) is 29.2 Å². The van der Waals surface area contributed by atoms with Crippen LogP contribution in [0.3, 0.4) is 0 Å². The average Bonchev–Trinajstić information content (AvgIpc) is 2.37. The summed E-state index contributed by atoms with van der Waals surface area (Å²) in [5, 5.41) is 3.40. The van der Waals surface area contributed by atoms with Crippen LogP contribution in [0.25, 0.3) is 0 Å². The van der Waals surface area contributed by atoms with Crippen LogP contribution >= 0.6 is 0 Å². The van der Waals surface area contributed by atoms with E-state index >= 15 is 0 Å². The molecule has 18 heavy (non-hydrogen) atoms. The molecule has 1 aromatic heterocycles. The van der Waals surface area contributed by atoms with E-state index in [0.717, 1.165) is 49.8 Å². The lowest BCUT2D eigenvalue weighted by Gasteiger charge is -2.21. The molecule has 100 valence electrons. The van der Waals surface area contributed by atoms with Crippen molar-refractivity contribution in [2.45, 2.75) is 52.1 Å². The van der Waals surface area contributed by atoms with Crippen LogP contribution < -0.4 is 5.32 Å². The van der Waals surface area contributed by atoms with Gasteiger partial charge in [0.25, 0.3) is 0 Å². The van der Waals surface area contributed by atoms with E-state index in [1.54, 1.807) is 0 Å². The van der Waals surface area contributed by atoms with Gasteiger partial charge in [-0.15, -0.1) is 0 Å². The third-order valence-corrected chi connectivity index (χ3v) is 3.14. The van der Waals surface area contributed by atoms with Crippen molar-refractivity contribution in [2.75, 3.05) is 13.2 Å². The first-order valence-corrected chi connectivity index (χ1v) is 6.80. The normalized spacial score (nSPS) is 20.3. The fraction of sp³-hybridized carbons (Fsp3) is 0.714. The van der Waals surface area contributed by atoms with Crippen molar-refractivity contribution in [2.24, 2.45) is 0 Å². The van der Waals surface area contributed by atoms with Crippen LogP contribution in [0.5, 0.6) is 0 Å². The van der Waals surface area contributed by atoms with Crippen LogP contribution in [0.1, 0.15) is 49.8 Å². The zero-order valence-corrected chi connectivity index (χ0v) is 11.6. The topological polar surface area (TPSA) is 47.0 Å². The first-order valence-electron chi connectivity index (χ1n) is 6.80. The molecule has 0 saturated carbocycles. The van der Waals surface area contributed by atoms with Gasteiger partial charge >= 0.3 is 0 Å². The van der Waals surface area contributed by atoms with Crippen LogP contribution in [-0.2, 0) is 11.3 Å². The van der Waals surface area contributed by atoms with E-state index in [1.807, 2.05) is 6.92 Å². The van der Waals surface area contributed by atoms with E-state index in [0.29, 0.717) is 12.0 Å². The van der Waals surface area contributed by atoms with Gasteiger partial charge in [-0.3, -0.25) is 0 Å². The Morgan fingerprint density at radius 2 is 2.28 bits per heavy atom. The molecule has 0 amide bonds. The molecule has 1 unspecified atom stereocenters. The number of aromatic nitrogens is 2. The fourth-order valence-electron chi connectivity index (χ4n) is 2.18. The summed E-state index contributed by atoms with van der Waals surface area (Å²) in [6, 6.07) is 2.53. The highest BCUT2D eigenvalue weighted by molar-refractivity contribution is 5.12. The van der Waals surface area contributed by atoms with Crippen molar-refractivity contribution >= 4 is 0 Å². The van der Waals surface area contributed by atoms with Crippen molar-refractivity contribution in [3.8, 4) is 0 Å². The molecule has 0 aliphatic carbocycles. The standard InChI is InChI=1S/C14H23N3O/c1-10(2)15-8-13-7-11(3)16-14(17-13)12-5-4-6-18-9-12/h7,10,12,15H,4-6,8-9H2,1-3H3. The Hall–Kier alpha value is -1.00. The van der Waals surface area contributed by atoms with Gasteiger partial charge in [-0.2, -0.15) is 0 Å². The van der Waals surface area contributed by atoms with Gasteiger partial charge in [0, 0.05) is 30.8 Å². The van der Waals surface area contributed by atoms with E-state index in [2.05, 4.69) is 35.2 Å². The van der Waals surface area contributed by atoms with Gasteiger partial charge in [0.2, 0.25) is 0 Å². The Labute approximate surface area is 109 Å². The number of aryl methyl sites for hydroxylation is 1. The van der Waals surface area contributed by atoms with E-state index in [4.69, 9.17) is 4.74 Å². The summed E-state index contributed by atoms with van der Waals surface area (Å²) in [5.74, 6) is 1.33. The average molecular weight is 249 g/mol. The summed E-state index contributed by atoms with van der Waals surface area (Å²) in [4.78, 5) is 9.24. The van der Waals surface area contributed by atoms with Crippen LogP contribution in [0, 0.1) is 6.92 Å². The maximum atomic E-state index is 5.52. The second-order valence-electron chi connectivity index (χ2n) is 5.31. The van der Waals surface area contributed by atoms with Gasteiger partial charge < -0.3 is 10.1 Å². The molecule has 2 rings (SSSR count). The molecular formula is C14H23N3O. The van der Waals surface area contributed by atoms with Crippen LogP contribution in [0.4, 0.5) is 0 Å². The van der Waals surface area contributed by atoms with Crippen molar-refractivity contribution in [1.29, 1.82) is 0 Å². The van der Waals surface area contributed by atoms with Gasteiger partial charge in [-0.1, -0.05) is 13.8 Å². The van der Waals surface area contributed by atoms with Crippen molar-refractivity contribution in [1.82, 2.24) is 15.3 Å². The molecule has 1 fully saturated rings. The second-order valence-corrected chi connectivity index (χ2v) is 5.31. The number of hydrogen-bond donors (Lipinski definition) is 1. The van der Waals surface area contributed by atoms with Gasteiger partial charge in [0.1, 0.15) is 5.82 Å². The zero-order chi connectivity index (χ0) is 13.0. The monoisotopic (exact) mass is 249 g/mol. The highest BCUT2D eigenvalue weighted by Gasteiger charge is 2.19. The summed E-state index contributed by atoms with van der Waals surface area (Å²) < 4.78 is 5.52. The fourth-order valence-corrected chi connectivity index (χ4v) is 2.18. The number of hydrogen-bond acceptors (Lipinski definition) is 4. The molecule has 0 aromatic carbocycles. The van der Waals surface area contributed by atoms with E-state index < -0.39 is 0 Å². The minimum absolute atomic E-state index is 0.372. The lowest BCUT2D eigenvalue weighted by atomic mass is 10.0. The molecule has 1 N–H and O–H groups in total. The van der Waals surface area contributed by atoms with Crippen molar-refractivity contribution < 1.29 is 4.74 Å². The van der Waals surface area contributed by atoms with Crippen molar-refractivity contribution in [3.63, 3.8) is 0 Å². The maximum Gasteiger partial charge on any atom is 0.134 e. The Morgan fingerprint density at radius 1 is 1.44 bits per heavy atom. The van der Waals surface area contributed by atoms with E-state index in [1.165, 1.54) is 0 Å². The quantitative estimate of drug-likeness (QED) is 0.888.